The molecule has 0 saturated carbocycles. The van der Waals surface area contributed by atoms with E-state index in [1.165, 1.54) is 18.2 Å². The Labute approximate surface area is 152 Å². The highest BCUT2D eigenvalue weighted by molar-refractivity contribution is 6.05. The van der Waals surface area contributed by atoms with E-state index in [1.807, 2.05) is 25.1 Å². The fourth-order valence-corrected chi connectivity index (χ4v) is 3.00. The summed E-state index contributed by atoms with van der Waals surface area (Å²) in [6.45, 7) is 8.05. The molecule has 0 saturated heterocycles. The zero-order valence-corrected chi connectivity index (χ0v) is 15.2. The minimum Gasteiger partial charge on any atom is -0.357 e. The highest BCUT2D eigenvalue weighted by Crippen LogP contribution is 2.25. The van der Waals surface area contributed by atoms with Crippen LogP contribution in [-0.4, -0.2) is 24.0 Å². The fraction of sp³-hybridized carbons (Fsp3) is 0.238. The first-order valence-corrected chi connectivity index (χ1v) is 8.75. The van der Waals surface area contributed by atoms with Crippen LogP contribution in [0.3, 0.4) is 0 Å². The van der Waals surface area contributed by atoms with E-state index in [2.05, 4.69) is 30.1 Å². The number of aromatic nitrogens is 1. The highest BCUT2D eigenvalue weighted by atomic mass is 19.1. The normalized spacial score (nSPS) is 10.8. The molecule has 1 heterocycles. The molecule has 0 spiro atoms. The van der Waals surface area contributed by atoms with Crippen LogP contribution < -0.4 is 10.2 Å². The molecule has 0 radical (unpaired) electrons. The monoisotopic (exact) mass is 351 g/mol. The summed E-state index contributed by atoms with van der Waals surface area (Å²) in [4.78, 5) is 19.2. The first-order valence-electron chi connectivity index (χ1n) is 8.75. The van der Waals surface area contributed by atoms with Crippen LogP contribution in [0.25, 0.3) is 10.9 Å². The molecule has 0 fully saturated rings. The molecule has 0 aliphatic rings. The van der Waals surface area contributed by atoms with Gasteiger partial charge in [0.2, 0.25) is 0 Å². The van der Waals surface area contributed by atoms with E-state index in [1.54, 1.807) is 6.07 Å². The summed E-state index contributed by atoms with van der Waals surface area (Å²) >= 11 is 0. The maximum atomic E-state index is 13.3. The number of hydrogen-bond donors (Lipinski definition) is 1. The van der Waals surface area contributed by atoms with Gasteiger partial charge in [0, 0.05) is 29.7 Å². The molecule has 3 aromatic rings. The van der Waals surface area contributed by atoms with Gasteiger partial charge < -0.3 is 10.2 Å². The van der Waals surface area contributed by atoms with Gasteiger partial charge in [0.15, 0.2) is 0 Å². The van der Waals surface area contributed by atoms with Crippen LogP contribution in [0.1, 0.15) is 29.8 Å². The van der Waals surface area contributed by atoms with Crippen molar-refractivity contribution in [3.63, 3.8) is 0 Å². The van der Waals surface area contributed by atoms with Gasteiger partial charge in [-0.2, -0.15) is 0 Å². The van der Waals surface area contributed by atoms with Crippen molar-refractivity contribution in [1.29, 1.82) is 0 Å². The third-order valence-electron chi connectivity index (χ3n) is 4.43. The van der Waals surface area contributed by atoms with Crippen LogP contribution >= 0.6 is 0 Å². The molecule has 1 aromatic heterocycles. The number of fused-ring (bicyclic) bond motifs is 1. The Hall–Kier alpha value is -2.95. The first-order chi connectivity index (χ1) is 12.5. The molecule has 0 unspecified atom stereocenters. The van der Waals surface area contributed by atoms with Gasteiger partial charge in [0.25, 0.3) is 5.91 Å². The molecular formula is C21H22FN3O. The Morgan fingerprint density at radius 3 is 2.58 bits per heavy atom. The zero-order chi connectivity index (χ0) is 18.7. The SMILES string of the molecule is CCN(CC)c1cc(C)c2cc(NC(=O)c3cccc(F)c3)ccc2n1. The Balaban J connectivity index is 1.91. The predicted molar refractivity (Wildman–Crippen MR) is 104 cm³/mol. The topological polar surface area (TPSA) is 45.2 Å². The van der Waals surface area contributed by atoms with Crippen molar-refractivity contribution in [2.75, 3.05) is 23.3 Å². The van der Waals surface area contributed by atoms with Gasteiger partial charge in [-0.3, -0.25) is 4.79 Å². The Morgan fingerprint density at radius 2 is 1.88 bits per heavy atom. The number of benzene rings is 2. The number of carbonyl (C=O) groups is 1. The lowest BCUT2D eigenvalue weighted by molar-refractivity contribution is 0.102. The molecule has 1 N–H and O–H groups in total. The summed E-state index contributed by atoms with van der Waals surface area (Å²) in [5.74, 6) is 0.186. The van der Waals surface area contributed by atoms with Gasteiger partial charge in [-0.15, -0.1) is 0 Å². The molecule has 1 amide bonds. The number of anilines is 2. The second-order valence-corrected chi connectivity index (χ2v) is 6.17. The third-order valence-corrected chi connectivity index (χ3v) is 4.43. The lowest BCUT2D eigenvalue weighted by Gasteiger charge is -2.21. The van der Waals surface area contributed by atoms with E-state index < -0.39 is 5.82 Å². The number of nitrogens with zero attached hydrogens (tertiary/aromatic N) is 2. The van der Waals surface area contributed by atoms with E-state index in [0.29, 0.717) is 5.69 Å². The number of pyridine rings is 1. The molecule has 26 heavy (non-hydrogen) atoms. The van der Waals surface area contributed by atoms with Gasteiger partial charge in [-0.1, -0.05) is 6.07 Å². The van der Waals surface area contributed by atoms with E-state index in [4.69, 9.17) is 4.98 Å². The largest absolute Gasteiger partial charge is 0.357 e. The molecule has 2 aromatic carbocycles. The number of hydrogen-bond acceptors (Lipinski definition) is 3. The molecule has 0 aliphatic carbocycles. The molecule has 5 heteroatoms. The van der Waals surface area contributed by atoms with E-state index >= 15 is 0 Å². The fourth-order valence-electron chi connectivity index (χ4n) is 3.00. The number of halogens is 1. The van der Waals surface area contributed by atoms with Gasteiger partial charge >= 0.3 is 0 Å². The van der Waals surface area contributed by atoms with Crippen LogP contribution in [0.2, 0.25) is 0 Å². The van der Waals surface area contributed by atoms with Crippen LogP contribution in [0.15, 0.2) is 48.5 Å². The van der Waals surface area contributed by atoms with Crippen LogP contribution in [-0.2, 0) is 0 Å². The van der Waals surface area contributed by atoms with Crippen molar-refractivity contribution in [3.05, 3.63) is 65.5 Å². The van der Waals surface area contributed by atoms with Gasteiger partial charge in [0.05, 0.1) is 5.52 Å². The van der Waals surface area contributed by atoms with E-state index in [0.717, 1.165) is 35.4 Å². The summed E-state index contributed by atoms with van der Waals surface area (Å²) < 4.78 is 13.3. The average Bonchev–Trinajstić information content (AvgIpc) is 2.63. The predicted octanol–water partition coefficient (Wildman–Crippen LogP) is 4.78. The quantitative estimate of drug-likeness (QED) is 0.719. The molecule has 0 atom stereocenters. The lowest BCUT2D eigenvalue weighted by Crippen LogP contribution is -2.23. The lowest BCUT2D eigenvalue weighted by atomic mass is 10.1. The van der Waals surface area contributed by atoms with Crippen LogP contribution in [0.4, 0.5) is 15.9 Å². The van der Waals surface area contributed by atoms with Gasteiger partial charge in [-0.05, 0) is 68.8 Å². The Kier molecular flexibility index (Phi) is 5.16. The van der Waals surface area contributed by atoms with Crippen molar-refractivity contribution >= 4 is 28.3 Å². The molecule has 4 nitrogen and oxygen atoms in total. The molecule has 3 rings (SSSR count). The minimum absolute atomic E-state index is 0.289. The maximum absolute atomic E-state index is 13.3. The number of nitrogens with one attached hydrogen (secondary N) is 1. The van der Waals surface area contributed by atoms with Crippen molar-refractivity contribution in [3.8, 4) is 0 Å². The third kappa shape index (κ3) is 3.67. The second kappa shape index (κ2) is 7.52. The minimum atomic E-state index is -0.430. The maximum Gasteiger partial charge on any atom is 0.255 e. The van der Waals surface area contributed by atoms with Gasteiger partial charge in [0.1, 0.15) is 11.6 Å². The van der Waals surface area contributed by atoms with Gasteiger partial charge in [-0.25, -0.2) is 9.37 Å². The van der Waals surface area contributed by atoms with E-state index in [-0.39, 0.29) is 11.5 Å². The summed E-state index contributed by atoms with van der Waals surface area (Å²) in [6, 6.07) is 13.3. The number of carbonyl (C=O) groups excluding carboxylic acids is 1. The Bertz CT molecular complexity index is 951. The molecule has 134 valence electrons. The van der Waals surface area contributed by atoms with Crippen LogP contribution in [0, 0.1) is 12.7 Å². The summed E-state index contributed by atoms with van der Waals surface area (Å²) in [6.07, 6.45) is 0. The number of rotatable bonds is 5. The molecular weight excluding hydrogens is 329 g/mol. The summed E-state index contributed by atoms with van der Waals surface area (Å²) in [7, 11) is 0. The first kappa shape index (κ1) is 17.9. The van der Waals surface area contributed by atoms with Crippen molar-refractivity contribution < 1.29 is 9.18 Å². The number of amides is 1. The van der Waals surface area contributed by atoms with Crippen molar-refractivity contribution in [1.82, 2.24) is 4.98 Å². The standard InChI is InChI=1S/C21H22FN3O/c1-4-25(5-2)20-11-14(3)18-13-17(9-10-19(18)24-20)23-21(26)15-7-6-8-16(22)12-15/h6-13H,4-5H2,1-3H3,(H,23,26). The Morgan fingerprint density at radius 1 is 1.12 bits per heavy atom. The van der Waals surface area contributed by atoms with Crippen molar-refractivity contribution in [2.45, 2.75) is 20.8 Å². The highest BCUT2D eigenvalue weighted by Gasteiger charge is 2.11. The summed E-state index contributed by atoms with van der Waals surface area (Å²) in [5.41, 5.74) is 2.93. The van der Waals surface area contributed by atoms with Crippen molar-refractivity contribution in [2.24, 2.45) is 0 Å². The molecule has 0 bridgehead atoms. The zero-order valence-electron chi connectivity index (χ0n) is 15.2. The smallest absolute Gasteiger partial charge is 0.255 e. The second-order valence-electron chi connectivity index (χ2n) is 6.17. The number of aryl methyl sites for hydroxylation is 1. The van der Waals surface area contributed by atoms with Crippen LogP contribution in [0.5, 0.6) is 0 Å². The summed E-state index contributed by atoms with van der Waals surface area (Å²) in [5, 5.41) is 3.80. The molecule has 0 aliphatic heterocycles. The average molecular weight is 351 g/mol. The van der Waals surface area contributed by atoms with E-state index in [9.17, 15) is 9.18 Å².